The molecule has 1 amide bonds. The van der Waals surface area contributed by atoms with Gasteiger partial charge in [-0.2, -0.15) is 0 Å². The van der Waals surface area contributed by atoms with E-state index in [1.165, 1.54) is 12.4 Å². The van der Waals surface area contributed by atoms with Gasteiger partial charge in [0, 0.05) is 36.4 Å². The summed E-state index contributed by atoms with van der Waals surface area (Å²) in [5, 5.41) is 0.634. The standard InChI is InChI=1S/C17H16ClN5O2/c18-11-1-2-13-12(9-11)22-16(25-13)10-3-7-23(8-4-10)17(24)14-15(19)21-6-5-20-14/h1-2,5-6,9-10H,3-4,7-8H2,(H2,19,21). The van der Waals surface area contributed by atoms with E-state index in [2.05, 4.69) is 15.0 Å². The zero-order valence-corrected chi connectivity index (χ0v) is 14.1. The van der Waals surface area contributed by atoms with Crippen LogP contribution >= 0.6 is 11.6 Å². The number of carbonyl (C=O) groups excluding carboxylic acids is 1. The minimum Gasteiger partial charge on any atom is -0.440 e. The van der Waals surface area contributed by atoms with Gasteiger partial charge in [0.05, 0.1) is 0 Å². The van der Waals surface area contributed by atoms with E-state index in [-0.39, 0.29) is 23.3 Å². The molecule has 0 saturated carbocycles. The second kappa shape index (κ2) is 6.33. The molecule has 1 aliphatic rings. The molecule has 3 aromatic rings. The molecule has 1 fully saturated rings. The number of benzene rings is 1. The number of nitrogen functional groups attached to an aromatic ring is 1. The van der Waals surface area contributed by atoms with Crippen LogP contribution < -0.4 is 5.73 Å². The fraction of sp³-hybridized carbons (Fsp3) is 0.294. The second-order valence-corrected chi connectivity index (χ2v) is 6.46. The van der Waals surface area contributed by atoms with E-state index in [1.54, 1.807) is 17.0 Å². The summed E-state index contributed by atoms with van der Waals surface area (Å²) in [4.78, 5) is 26.8. The number of nitrogens with two attached hydrogens (primary N) is 1. The van der Waals surface area contributed by atoms with Crippen LogP contribution in [0.2, 0.25) is 5.02 Å². The molecule has 8 heteroatoms. The number of halogens is 1. The molecule has 1 aliphatic heterocycles. The highest BCUT2D eigenvalue weighted by Gasteiger charge is 2.29. The molecule has 0 radical (unpaired) electrons. The molecule has 1 aromatic carbocycles. The minimum absolute atomic E-state index is 0.158. The van der Waals surface area contributed by atoms with Crippen LogP contribution in [0.4, 0.5) is 5.82 Å². The molecule has 2 N–H and O–H groups in total. The number of likely N-dealkylation sites (tertiary alicyclic amines) is 1. The first-order chi connectivity index (χ1) is 12.1. The summed E-state index contributed by atoms with van der Waals surface area (Å²) >= 11 is 5.99. The Labute approximate surface area is 148 Å². The van der Waals surface area contributed by atoms with Gasteiger partial charge in [0.25, 0.3) is 5.91 Å². The highest BCUT2D eigenvalue weighted by Crippen LogP contribution is 2.31. The van der Waals surface area contributed by atoms with Crippen LogP contribution in [0.3, 0.4) is 0 Å². The maximum absolute atomic E-state index is 12.5. The first-order valence-electron chi connectivity index (χ1n) is 8.03. The summed E-state index contributed by atoms with van der Waals surface area (Å²) < 4.78 is 5.85. The molecule has 0 unspecified atom stereocenters. The topological polar surface area (TPSA) is 98.1 Å². The lowest BCUT2D eigenvalue weighted by molar-refractivity contribution is 0.0701. The number of aromatic nitrogens is 3. The lowest BCUT2D eigenvalue weighted by atomic mass is 9.96. The maximum atomic E-state index is 12.5. The molecule has 0 bridgehead atoms. The predicted octanol–water partition coefficient (Wildman–Crippen LogP) is 2.87. The third-order valence-corrected chi connectivity index (χ3v) is 4.66. The van der Waals surface area contributed by atoms with E-state index in [1.807, 2.05) is 6.07 Å². The Morgan fingerprint density at radius 3 is 2.76 bits per heavy atom. The van der Waals surface area contributed by atoms with Gasteiger partial charge in [-0.1, -0.05) is 11.6 Å². The van der Waals surface area contributed by atoms with Crippen LogP contribution in [0.15, 0.2) is 35.0 Å². The highest BCUT2D eigenvalue weighted by molar-refractivity contribution is 6.31. The molecule has 0 spiro atoms. The molecule has 2 aromatic heterocycles. The zero-order valence-electron chi connectivity index (χ0n) is 13.4. The molecular weight excluding hydrogens is 342 g/mol. The van der Waals surface area contributed by atoms with Crippen molar-refractivity contribution >= 4 is 34.4 Å². The lowest BCUT2D eigenvalue weighted by Crippen LogP contribution is -2.38. The van der Waals surface area contributed by atoms with Gasteiger partial charge in [-0.25, -0.2) is 15.0 Å². The summed E-state index contributed by atoms with van der Waals surface area (Å²) in [6, 6.07) is 5.40. The fourth-order valence-corrected chi connectivity index (χ4v) is 3.25. The number of hydrogen-bond donors (Lipinski definition) is 1. The second-order valence-electron chi connectivity index (χ2n) is 6.02. The zero-order chi connectivity index (χ0) is 17.4. The van der Waals surface area contributed by atoms with E-state index in [4.69, 9.17) is 21.8 Å². The normalized spacial score (nSPS) is 15.6. The number of hydrogen-bond acceptors (Lipinski definition) is 6. The number of fused-ring (bicyclic) bond motifs is 1. The van der Waals surface area contributed by atoms with Gasteiger partial charge >= 0.3 is 0 Å². The Morgan fingerprint density at radius 1 is 1.24 bits per heavy atom. The van der Waals surface area contributed by atoms with E-state index in [0.717, 1.165) is 23.9 Å². The number of amides is 1. The number of carbonyl (C=O) groups is 1. The van der Waals surface area contributed by atoms with Crippen LogP contribution in [0.25, 0.3) is 11.1 Å². The molecular formula is C17H16ClN5O2. The maximum Gasteiger partial charge on any atom is 0.276 e. The number of rotatable bonds is 2. The minimum atomic E-state index is -0.187. The summed E-state index contributed by atoms with van der Waals surface area (Å²) in [5.41, 5.74) is 7.44. The molecule has 25 heavy (non-hydrogen) atoms. The summed E-state index contributed by atoms with van der Waals surface area (Å²) in [6.45, 7) is 1.19. The van der Waals surface area contributed by atoms with Crippen molar-refractivity contribution in [2.45, 2.75) is 18.8 Å². The van der Waals surface area contributed by atoms with Gasteiger partial charge in [0.2, 0.25) is 0 Å². The summed E-state index contributed by atoms with van der Waals surface area (Å²) in [6.07, 6.45) is 4.48. The van der Waals surface area contributed by atoms with Crippen LogP contribution in [0, 0.1) is 0 Å². The van der Waals surface area contributed by atoms with Gasteiger partial charge < -0.3 is 15.1 Å². The van der Waals surface area contributed by atoms with Crippen LogP contribution in [0.1, 0.15) is 35.1 Å². The van der Waals surface area contributed by atoms with Crippen molar-refractivity contribution in [2.24, 2.45) is 0 Å². The number of oxazole rings is 1. The van der Waals surface area contributed by atoms with Crippen LogP contribution in [-0.2, 0) is 0 Å². The number of piperidine rings is 1. The van der Waals surface area contributed by atoms with Gasteiger partial charge in [-0.05, 0) is 31.0 Å². The van der Waals surface area contributed by atoms with E-state index >= 15 is 0 Å². The van der Waals surface area contributed by atoms with Crippen molar-refractivity contribution in [2.75, 3.05) is 18.8 Å². The average molecular weight is 358 g/mol. The van der Waals surface area contributed by atoms with Gasteiger partial charge in [-0.3, -0.25) is 4.79 Å². The van der Waals surface area contributed by atoms with E-state index < -0.39 is 0 Å². The van der Waals surface area contributed by atoms with E-state index in [9.17, 15) is 4.79 Å². The predicted molar refractivity (Wildman–Crippen MR) is 93.3 cm³/mol. The first-order valence-corrected chi connectivity index (χ1v) is 8.41. The third kappa shape index (κ3) is 3.02. The van der Waals surface area contributed by atoms with Gasteiger partial charge in [0.1, 0.15) is 5.52 Å². The Balaban J connectivity index is 1.47. The Bertz CT molecular complexity index is 934. The average Bonchev–Trinajstić information content (AvgIpc) is 3.05. The fourth-order valence-electron chi connectivity index (χ4n) is 3.09. The number of anilines is 1. The molecule has 0 aliphatic carbocycles. The third-order valence-electron chi connectivity index (χ3n) is 4.43. The SMILES string of the molecule is Nc1nccnc1C(=O)N1CCC(c2nc3cc(Cl)ccc3o2)CC1. The molecule has 1 saturated heterocycles. The molecule has 128 valence electrons. The van der Waals surface area contributed by atoms with Crippen LogP contribution in [0.5, 0.6) is 0 Å². The Kier molecular flexibility index (Phi) is 4.01. The van der Waals surface area contributed by atoms with Gasteiger partial charge in [-0.15, -0.1) is 0 Å². The molecule has 3 heterocycles. The van der Waals surface area contributed by atoms with Gasteiger partial charge in [0.15, 0.2) is 23.0 Å². The smallest absolute Gasteiger partial charge is 0.276 e. The largest absolute Gasteiger partial charge is 0.440 e. The lowest BCUT2D eigenvalue weighted by Gasteiger charge is -2.30. The Hall–Kier alpha value is -2.67. The first kappa shape index (κ1) is 15.8. The van der Waals surface area contributed by atoms with Crippen LogP contribution in [-0.4, -0.2) is 38.8 Å². The summed E-state index contributed by atoms with van der Waals surface area (Å²) in [7, 11) is 0. The quantitative estimate of drug-likeness (QED) is 0.757. The van der Waals surface area contributed by atoms with Crippen molar-refractivity contribution in [1.29, 1.82) is 0 Å². The van der Waals surface area contributed by atoms with E-state index in [0.29, 0.717) is 24.0 Å². The van der Waals surface area contributed by atoms with Crippen molar-refractivity contribution in [3.63, 3.8) is 0 Å². The summed E-state index contributed by atoms with van der Waals surface area (Å²) in [5.74, 6) is 0.844. The number of nitrogens with zero attached hydrogens (tertiary/aromatic N) is 4. The Morgan fingerprint density at radius 2 is 2.00 bits per heavy atom. The molecule has 0 atom stereocenters. The van der Waals surface area contributed by atoms with Crippen molar-refractivity contribution in [3.8, 4) is 0 Å². The van der Waals surface area contributed by atoms with Crippen molar-refractivity contribution in [1.82, 2.24) is 19.9 Å². The molecule has 7 nitrogen and oxygen atoms in total. The highest BCUT2D eigenvalue weighted by atomic mass is 35.5. The monoisotopic (exact) mass is 357 g/mol. The van der Waals surface area contributed by atoms with Crippen molar-refractivity contribution in [3.05, 3.63) is 47.2 Å². The van der Waals surface area contributed by atoms with Crippen molar-refractivity contribution < 1.29 is 9.21 Å². The molecule has 4 rings (SSSR count).